The van der Waals surface area contributed by atoms with E-state index in [1.54, 1.807) is 12.1 Å². The lowest BCUT2D eigenvalue weighted by Crippen LogP contribution is -2.39. The van der Waals surface area contributed by atoms with Gasteiger partial charge in [-0.15, -0.1) is 5.10 Å². The number of furan rings is 1. The number of rotatable bonds is 1. The molecule has 1 N–H and O–H groups in total. The van der Waals surface area contributed by atoms with Crippen LogP contribution in [0.4, 0.5) is 0 Å². The van der Waals surface area contributed by atoms with Gasteiger partial charge in [-0.05, 0) is 36.9 Å². The van der Waals surface area contributed by atoms with E-state index in [2.05, 4.69) is 15.0 Å². The third-order valence-electron chi connectivity index (χ3n) is 3.77. The third kappa shape index (κ3) is 2.65. The average Bonchev–Trinajstić information content (AvgIpc) is 3.18. The molecular formula is C15H15N5O3S. The van der Waals surface area contributed by atoms with E-state index < -0.39 is 5.91 Å². The number of hydrogen-bond donors (Lipinski definition) is 1. The van der Waals surface area contributed by atoms with Crippen LogP contribution in [-0.2, 0) is 9.53 Å². The molecule has 0 spiro atoms. The van der Waals surface area contributed by atoms with Crippen LogP contribution in [0.25, 0.3) is 6.08 Å². The zero-order chi connectivity index (χ0) is 16.7. The van der Waals surface area contributed by atoms with Crippen molar-refractivity contribution in [2.24, 2.45) is 10.1 Å². The summed E-state index contributed by atoms with van der Waals surface area (Å²) < 4.78 is 10.8. The zero-order valence-electron chi connectivity index (χ0n) is 13.0. The molecule has 0 bridgehead atoms. The van der Waals surface area contributed by atoms with Crippen LogP contribution in [0.15, 0.2) is 32.2 Å². The Hall–Kier alpha value is -2.39. The minimum absolute atomic E-state index is 0.00909. The maximum atomic E-state index is 12.3. The molecule has 8 nitrogen and oxygen atoms in total. The van der Waals surface area contributed by atoms with Crippen molar-refractivity contribution in [3.05, 3.63) is 29.2 Å². The molecule has 0 saturated carbocycles. The molecule has 124 valence electrons. The Morgan fingerprint density at radius 2 is 2.08 bits per heavy atom. The summed E-state index contributed by atoms with van der Waals surface area (Å²) in [6.45, 7) is 4.59. The van der Waals surface area contributed by atoms with Crippen molar-refractivity contribution in [3.63, 3.8) is 0 Å². The van der Waals surface area contributed by atoms with E-state index in [1.165, 1.54) is 22.8 Å². The molecule has 4 rings (SSSR count). The molecule has 0 aliphatic carbocycles. The number of amidine groups is 3. The summed E-state index contributed by atoms with van der Waals surface area (Å²) >= 11 is 1.31. The predicted molar refractivity (Wildman–Crippen MR) is 90.8 cm³/mol. The number of fused-ring (bicyclic) bond motifs is 1. The lowest BCUT2D eigenvalue weighted by Gasteiger charge is -2.26. The van der Waals surface area contributed by atoms with Gasteiger partial charge in [0.2, 0.25) is 5.17 Å². The highest BCUT2D eigenvalue weighted by atomic mass is 32.2. The van der Waals surface area contributed by atoms with Gasteiger partial charge in [-0.3, -0.25) is 10.2 Å². The number of nitrogens with one attached hydrogen (secondary N) is 1. The first-order valence-corrected chi connectivity index (χ1v) is 8.33. The molecule has 3 aliphatic heterocycles. The Kier molecular flexibility index (Phi) is 3.73. The Labute approximate surface area is 142 Å². The van der Waals surface area contributed by atoms with E-state index in [-0.39, 0.29) is 11.4 Å². The summed E-state index contributed by atoms with van der Waals surface area (Å²) in [6, 6.07) is 3.56. The van der Waals surface area contributed by atoms with E-state index in [9.17, 15) is 4.79 Å². The number of morpholine rings is 1. The molecule has 9 heteroatoms. The van der Waals surface area contributed by atoms with Crippen LogP contribution in [0.3, 0.4) is 0 Å². The van der Waals surface area contributed by atoms with Crippen molar-refractivity contribution < 1.29 is 13.9 Å². The molecule has 0 unspecified atom stereocenters. The Morgan fingerprint density at radius 1 is 1.29 bits per heavy atom. The summed E-state index contributed by atoms with van der Waals surface area (Å²) in [5.74, 6) is 0.815. The third-order valence-corrected chi connectivity index (χ3v) is 4.74. The second kappa shape index (κ2) is 5.91. The van der Waals surface area contributed by atoms with Crippen LogP contribution in [0.1, 0.15) is 11.5 Å². The highest BCUT2D eigenvalue weighted by molar-refractivity contribution is 8.26. The largest absolute Gasteiger partial charge is 0.462 e. The SMILES string of the molecule is Cc1ccc(/C=C2/C(=N)N3N=C(N4CCOCC4)SC3=NC2=O)o1. The standard InChI is InChI=1S/C15H15N5O3S/c1-9-2-3-10(23-9)8-11-12(16)20-14(17-13(11)21)24-15(18-20)19-4-6-22-7-5-19/h2-3,8,16H,4-7H2,1H3/b11-8-,16-12?. The van der Waals surface area contributed by atoms with Gasteiger partial charge in [-0.2, -0.15) is 10.0 Å². The second-order valence-corrected chi connectivity index (χ2v) is 6.38. The van der Waals surface area contributed by atoms with Gasteiger partial charge < -0.3 is 14.1 Å². The molecule has 1 aromatic rings. The number of carbonyl (C=O) groups excluding carboxylic acids is 1. The highest BCUT2D eigenvalue weighted by Crippen LogP contribution is 2.29. The summed E-state index contributed by atoms with van der Waals surface area (Å²) in [7, 11) is 0. The topological polar surface area (TPSA) is 94.5 Å². The summed E-state index contributed by atoms with van der Waals surface area (Å²) in [5, 5.41) is 15.3. The first-order chi connectivity index (χ1) is 11.6. The van der Waals surface area contributed by atoms with Crippen molar-refractivity contribution >= 4 is 39.9 Å². The lowest BCUT2D eigenvalue weighted by molar-refractivity contribution is -0.114. The summed E-state index contributed by atoms with van der Waals surface area (Å²) in [6.07, 6.45) is 1.53. The number of ether oxygens (including phenoxy) is 1. The molecular weight excluding hydrogens is 330 g/mol. The number of amides is 1. The van der Waals surface area contributed by atoms with Crippen molar-refractivity contribution in [3.8, 4) is 0 Å². The molecule has 1 saturated heterocycles. The fourth-order valence-corrected chi connectivity index (χ4v) is 3.48. The van der Waals surface area contributed by atoms with Crippen molar-refractivity contribution in [1.29, 1.82) is 5.41 Å². The lowest BCUT2D eigenvalue weighted by atomic mass is 10.1. The van der Waals surface area contributed by atoms with Crippen LogP contribution >= 0.6 is 11.8 Å². The Balaban J connectivity index is 1.62. The van der Waals surface area contributed by atoms with E-state index in [0.717, 1.165) is 24.0 Å². The fourth-order valence-electron chi connectivity index (χ4n) is 2.54. The smallest absolute Gasteiger partial charge is 0.283 e. The predicted octanol–water partition coefficient (Wildman–Crippen LogP) is 1.50. The van der Waals surface area contributed by atoms with Crippen molar-refractivity contribution in [2.45, 2.75) is 6.92 Å². The van der Waals surface area contributed by atoms with Gasteiger partial charge in [-0.25, -0.2) is 0 Å². The quantitative estimate of drug-likeness (QED) is 0.775. The molecule has 0 atom stereocenters. The van der Waals surface area contributed by atoms with Gasteiger partial charge in [0, 0.05) is 13.1 Å². The number of hydrazone groups is 1. The minimum Gasteiger partial charge on any atom is -0.462 e. The van der Waals surface area contributed by atoms with E-state index in [1.807, 2.05) is 6.92 Å². The molecule has 1 fully saturated rings. The normalized spacial score (nSPS) is 22.8. The van der Waals surface area contributed by atoms with Gasteiger partial charge in [0.25, 0.3) is 5.91 Å². The van der Waals surface area contributed by atoms with Crippen LogP contribution < -0.4 is 0 Å². The van der Waals surface area contributed by atoms with Crippen LogP contribution in [0.2, 0.25) is 0 Å². The second-order valence-electron chi connectivity index (χ2n) is 5.45. The first-order valence-electron chi connectivity index (χ1n) is 7.51. The van der Waals surface area contributed by atoms with Gasteiger partial charge in [0.15, 0.2) is 11.0 Å². The first kappa shape index (κ1) is 15.2. The fraction of sp³-hybridized carbons (Fsp3) is 0.333. The number of aryl methyl sites for hydroxylation is 1. The minimum atomic E-state index is -0.453. The molecule has 0 radical (unpaired) electrons. The number of aliphatic imine (C=N–C) groups is 1. The van der Waals surface area contributed by atoms with Crippen LogP contribution in [0.5, 0.6) is 0 Å². The number of carbonyl (C=O) groups is 1. The molecule has 4 heterocycles. The molecule has 1 amide bonds. The number of nitrogens with zero attached hydrogens (tertiary/aromatic N) is 4. The average molecular weight is 345 g/mol. The number of thioether (sulfide) groups is 1. The van der Waals surface area contributed by atoms with Gasteiger partial charge in [-0.1, -0.05) is 0 Å². The molecule has 3 aliphatic rings. The van der Waals surface area contributed by atoms with Gasteiger partial charge in [0.1, 0.15) is 11.5 Å². The van der Waals surface area contributed by atoms with Crippen LogP contribution in [0, 0.1) is 12.3 Å². The van der Waals surface area contributed by atoms with E-state index >= 15 is 0 Å². The summed E-state index contributed by atoms with van der Waals surface area (Å²) in [4.78, 5) is 18.4. The Morgan fingerprint density at radius 3 is 2.79 bits per heavy atom. The summed E-state index contributed by atoms with van der Waals surface area (Å²) in [5.41, 5.74) is 0.167. The van der Waals surface area contributed by atoms with Gasteiger partial charge in [0.05, 0.1) is 18.8 Å². The number of hydrogen-bond acceptors (Lipinski definition) is 7. The van der Waals surface area contributed by atoms with E-state index in [4.69, 9.17) is 14.6 Å². The maximum absolute atomic E-state index is 12.3. The Bertz CT molecular complexity index is 804. The van der Waals surface area contributed by atoms with Crippen molar-refractivity contribution in [2.75, 3.05) is 26.3 Å². The molecule has 0 aromatic carbocycles. The molecule has 24 heavy (non-hydrogen) atoms. The zero-order valence-corrected chi connectivity index (χ0v) is 13.8. The van der Waals surface area contributed by atoms with Crippen LogP contribution in [-0.4, -0.2) is 58.3 Å². The van der Waals surface area contributed by atoms with Gasteiger partial charge >= 0.3 is 0 Å². The monoisotopic (exact) mass is 345 g/mol. The van der Waals surface area contributed by atoms with Crippen molar-refractivity contribution in [1.82, 2.24) is 9.91 Å². The molecule has 1 aromatic heterocycles. The highest BCUT2D eigenvalue weighted by Gasteiger charge is 2.37. The van der Waals surface area contributed by atoms with E-state index in [0.29, 0.717) is 24.1 Å². The maximum Gasteiger partial charge on any atom is 0.283 e.